The number of nitrogens with zero attached hydrogens (tertiary/aromatic N) is 7. The number of nitrogen functional groups attached to an aromatic ring is 1. The average molecular weight is 283 g/mol. The summed E-state index contributed by atoms with van der Waals surface area (Å²) in [5.74, 6) is 0.833. The molecule has 106 valence electrons. The van der Waals surface area contributed by atoms with E-state index >= 15 is 0 Å². The first-order valence-electron chi connectivity index (χ1n) is 6.31. The molecule has 3 heterocycles. The topological polar surface area (TPSA) is 120 Å². The number of nitrogens with one attached hydrogen (secondary N) is 1. The molecule has 3 aromatic heterocycles. The van der Waals surface area contributed by atoms with Gasteiger partial charge in [0.1, 0.15) is 12.7 Å². The van der Waals surface area contributed by atoms with Gasteiger partial charge in [-0.25, -0.2) is 4.98 Å². The standard InChI is InChI=1S/C12H13N9/c13-10-18-11(16-6-4-9-3-1-2-5-15-9)20-12(19-10)21-8-14-7-17-21/h1-3,5,7-8H,4,6H2,(H3,13,16,18,19,20). The fourth-order valence-corrected chi connectivity index (χ4v) is 1.72. The molecule has 9 heteroatoms. The fourth-order valence-electron chi connectivity index (χ4n) is 1.72. The van der Waals surface area contributed by atoms with Gasteiger partial charge in [0.2, 0.25) is 11.9 Å². The zero-order chi connectivity index (χ0) is 14.5. The summed E-state index contributed by atoms with van der Waals surface area (Å²) in [5, 5.41) is 7.05. The minimum atomic E-state index is 0.121. The molecule has 0 fully saturated rings. The van der Waals surface area contributed by atoms with E-state index in [-0.39, 0.29) is 5.95 Å². The zero-order valence-corrected chi connectivity index (χ0v) is 11.1. The summed E-state index contributed by atoms with van der Waals surface area (Å²) in [6, 6.07) is 5.80. The average Bonchev–Trinajstić information content (AvgIpc) is 3.02. The van der Waals surface area contributed by atoms with Crippen LogP contribution in [0.25, 0.3) is 5.95 Å². The third kappa shape index (κ3) is 3.26. The first-order chi connectivity index (χ1) is 10.3. The van der Waals surface area contributed by atoms with E-state index < -0.39 is 0 Å². The molecule has 9 nitrogen and oxygen atoms in total. The van der Waals surface area contributed by atoms with Crippen molar-refractivity contribution in [2.24, 2.45) is 0 Å². The highest BCUT2D eigenvalue weighted by Crippen LogP contribution is 2.06. The number of hydrogen-bond acceptors (Lipinski definition) is 8. The van der Waals surface area contributed by atoms with Crippen LogP contribution in [0.5, 0.6) is 0 Å². The van der Waals surface area contributed by atoms with Crippen LogP contribution in [0.1, 0.15) is 5.69 Å². The molecule has 3 rings (SSSR count). The van der Waals surface area contributed by atoms with Gasteiger partial charge in [-0.2, -0.15) is 24.7 Å². The van der Waals surface area contributed by atoms with Gasteiger partial charge in [0.25, 0.3) is 5.95 Å². The monoisotopic (exact) mass is 283 g/mol. The van der Waals surface area contributed by atoms with Gasteiger partial charge >= 0.3 is 0 Å². The van der Waals surface area contributed by atoms with Crippen molar-refractivity contribution in [3.05, 3.63) is 42.7 Å². The Bertz CT molecular complexity index is 696. The van der Waals surface area contributed by atoms with E-state index in [1.54, 1.807) is 6.20 Å². The van der Waals surface area contributed by atoms with E-state index in [4.69, 9.17) is 5.73 Å². The molecule has 0 saturated heterocycles. The molecule has 0 bridgehead atoms. The SMILES string of the molecule is Nc1nc(NCCc2ccccn2)nc(-n2cncn2)n1. The highest BCUT2D eigenvalue weighted by Gasteiger charge is 2.06. The predicted molar refractivity (Wildman–Crippen MR) is 75.6 cm³/mol. The maximum absolute atomic E-state index is 5.67. The van der Waals surface area contributed by atoms with Crippen molar-refractivity contribution >= 4 is 11.9 Å². The second-order valence-electron chi connectivity index (χ2n) is 4.16. The van der Waals surface area contributed by atoms with Gasteiger partial charge in [-0.1, -0.05) is 6.07 Å². The van der Waals surface area contributed by atoms with E-state index in [1.165, 1.54) is 17.3 Å². The first kappa shape index (κ1) is 12.9. The molecule has 21 heavy (non-hydrogen) atoms. The number of pyridine rings is 1. The van der Waals surface area contributed by atoms with Crippen LogP contribution >= 0.6 is 0 Å². The Morgan fingerprint density at radius 2 is 2.14 bits per heavy atom. The Hall–Kier alpha value is -3.10. The summed E-state index contributed by atoms with van der Waals surface area (Å²) in [5.41, 5.74) is 6.66. The molecule has 0 amide bonds. The van der Waals surface area contributed by atoms with Gasteiger partial charge < -0.3 is 11.1 Å². The molecular formula is C12H13N9. The normalized spacial score (nSPS) is 10.5. The Balaban J connectivity index is 1.68. The lowest BCUT2D eigenvalue weighted by Gasteiger charge is -2.06. The lowest BCUT2D eigenvalue weighted by atomic mass is 10.3. The van der Waals surface area contributed by atoms with Crippen molar-refractivity contribution in [2.75, 3.05) is 17.6 Å². The van der Waals surface area contributed by atoms with E-state index in [1.807, 2.05) is 18.2 Å². The minimum Gasteiger partial charge on any atom is -0.368 e. The van der Waals surface area contributed by atoms with Crippen molar-refractivity contribution in [1.29, 1.82) is 0 Å². The van der Waals surface area contributed by atoms with Crippen LogP contribution in [0.15, 0.2) is 37.1 Å². The van der Waals surface area contributed by atoms with E-state index in [9.17, 15) is 0 Å². The highest BCUT2D eigenvalue weighted by atomic mass is 15.4. The molecule has 0 aromatic carbocycles. The van der Waals surface area contributed by atoms with Crippen LogP contribution < -0.4 is 11.1 Å². The highest BCUT2D eigenvalue weighted by molar-refractivity contribution is 5.34. The van der Waals surface area contributed by atoms with Crippen LogP contribution in [-0.2, 0) is 6.42 Å². The summed E-state index contributed by atoms with van der Waals surface area (Å²) < 4.78 is 1.42. The van der Waals surface area contributed by atoms with E-state index in [0.29, 0.717) is 18.4 Å². The van der Waals surface area contributed by atoms with Crippen molar-refractivity contribution < 1.29 is 0 Å². The summed E-state index contributed by atoms with van der Waals surface area (Å²) in [7, 11) is 0. The zero-order valence-electron chi connectivity index (χ0n) is 11.1. The first-order valence-corrected chi connectivity index (χ1v) is 6.31. The molecule has 0 radical (unpaired) electrons. The quantitative estimate of drug-likeness (QED) is 0.675. The lowest BCUT2D eigenvalue weighted by Crippen LogP contribution is -2.13. The van der Waals surface area contributed by atoms with Gasteiger partial charge in [-0.15, -0.1) is 0 Å². The molecule has 0 atom stereocenters. The molecular weight excluding hydrogens is 270 g/mol. The summed E-state index contributed by atoms with van der Waals surface area (Å²) >= 11 is 0. The molecule has 0 aliphatic carbocycles. The van der Waals surface area contributed by atoms with Crippen LogP contribution in [0, 0.1) is 0 Å². The second-order valence-corrected chi connectivity index (χ2v) is 4.16. The molecule has 0 spiro atoms. The van der Waals surface area contributed by atoms with Gasteiger partial charge in [-0.05, 0) is 12.1 Å². The smallest absolute Gasteiger partial charge is 0.258 e. The van der Waals surface area contributed by atoms with Gasteiger partial charge in [0.05, 0.1) is 0 Å². The van der Waals surface area contributed by atoms with Crippen LogP contribution in [-0.4, -0.2) is 41.2 Å². The summed E-state index contributed by atoms with van der Waals surface area (Å²) in [6.45, 7) is 0.636. The Morgan fingerprint density at radius 3 is 2.90 bits per heavy atom. The maximum atomic E-state index is 5.67. The van der Waals surface area contributed by atoms with Gasteiger partial charge in [0, 0.05) is 24.9 Å². The Kier molecular flexibility index (Phi) is 3.63. The Morgan fingerprint density at radius 1 is 1.19 bits per heavy atom. The molecule has 0 saturated carbocycles. The molecule has 3 aromatic rings. The van der Waals surface area contributed by atoms with Crippen molar-refractivity contribution in [1.82, 2.24) is 34.7 Å². The van der Waals surface area contributed by atoms with E-state index in [0.717, 1.165) is 12.1 Å². The fraction of sp³-hybridized carbons (Fsp3) is 0.167. The van der Waals surface area contributed by atoms with Gasteiger partial charge in [-0.3, -0.25) is 4.98 Å². The van der Waals surface area contributed by atoms with Crippen molar-refractivity contribution in [3.63, 3.8) is 0 Å². The van der Waals surface area contributed by atoms with Crippen LogP contribution in [0.2, 0.25) is 0 Å². The largest absolute Gasteiger partial charge is 0.368 e. The number of aromatic nitrogens is 7. The van der Waals surface area contributed by atoms with Gasteiger partial charge in [0.15, 0.2) is 0 Å². The molecule has 0 unspecified atom stereocenters. The molecule has 0 aliphatic rings. The number of rotatable bonds is 5. The van der Waals surface area contributed by atoms with Crippen molar-refractivity contribution in [2.45, 2.75) is 6.42 Å². The second kappa shape index (κ2) is 5.90. The Labute approximate surface area is 120 Å². The minimum absolute atomic E-state index is 0.121. The number of hydrogen-bond donors (Lipinski definition) is 2. The van der Waals surface area contributed by atoms with Crippen LogP contribution in [0.3, 0.4) is 0 Å². The summed E-state index contributed by atoms with van der Waals surface area (Å²) in [4.78, 5) is 20.4. The third-order valence-corrected chi connectivity index (χ3v) is 2.65. The van der Waals surface area contributed by atoms with Crippen molar-refractivity contribution in [3.8, 4) is 5.95 Å². The lowest BCUT2D eigenvalue weighted by molar-refractivity contribution is 0.796. The summed E-state index contributed by atoms with van der Waals surface area (Å²) in [6.07, 6.45) is 5.41. The number of nitrogens with two attached hydrogens (primary N) is 1. The number of anilines is 2. The predicted octanol–water partition coefficient (Wildman–Crippen LogP) is 0.0841. The molecule has 3 N–H and O–H groups in total. The maximum Gasteiger partial charge on any atom is 0.258 e. The molecule has 0 aliphatic heterocycles. The van der Waals surface area contributed by atoms with Crippen LogP contribution in [0.4, 0.5) is 11.9 Å². The third-order valence-electron chi connectivity index (χ3n) is 2.65. The van der Waals surface area contributed by atoms with E-state index in [2.05, 4.69) is 35.3 Å².